The summed E-state index contributed by atoms with van der Waals surface area (Å²) >= 11 is 5.34. The third kappa shape index (κ3) is 3.63. The van der Waals surface area contributed by atoms with E-state index in [4.69, 9.17) is 17.0 Å². The Balaban J connectivity index is 2.48. The predicted molar refractivity (Wildman–Crippen MR) is 85.7 cm³/mol. The first-order valence-corrected chi connectivity index (χ1v) is 8.67. The molecule has 6 nitrogen and oxygen atoms in total. The van der Waals surface area contributed by atoms with Crippen molar-refractivity contribution >= 4 is 33.3 Å². The average molecular weight is 329 g/mol. The molecule has 0 aliphatic heterocycles. The molecule has 116 valence electrons. The van der Waals surface area contributed by atoms with Crippen molar-refractivity contribution in [2.45, 2.75) is 25.9 Å². The number of nitrogens with one attached hydrogen (secondary N) is 2. The standard InChI is InChI=1S/C13H19N3O3S2/c1-13(2,15-21(4,17)18)8-16-9-6-5-7-10(19-3)11(9)14-12(16)20/h5-7,15H,8H2,1-4H3,(H,14,20). The van der Waals surface area contributed by atoms with Crippen LogP contribution in [0.5, 0.6) is 5.75 Å². The number of H-pyrrole nitrogens is 1. The molecule has 0 saturated heterocycles. The van der Waals surface area contributed by atoms with Gasteiger partial charge in [-0.2, -0.15) is 0 Å². The highest BCUT2D eigenvalue weighted by Crippen LogP contribution is 2.25. The molecule has 0 aliphatic rings. The highest BCUT2D eigenvalue weighted by molar-refractivity contribution is 7.88. The van der Waals surface area contributed by atoms with Crippen molar-refractivity contribution in [3.05, 3.63) is 23.0 Å². The fraction of sp³-hybridized carbons (Fsp3) is 0.462. The molecule has 0 spiro atoms. The van der Waals surface area contributed by atoms with Crippen LogP contribution in [0.15, 0.2) is 18.2 Å². The minimum absolute atomic E-state index is 0.409. The monoisotopic (exact) mass is 329 g/mol. The van der Waals surface area contributed by atoms with Crippen molar-refractivity contribution in [1.82, 2.24) is 14.3 Å². The van der Waals surface area contributed by atoms with Crippen LogP contribution in [0.4, 0.5) is 0 Å². The quantitative estimate of drug-likeness (QED) is 0.823. The average Bonchev–Trinajstić information content (AvgIpc) is 2.62. The lowest BCUT2D eigenvalue weighted by Gasteiger charge is -2.25. The number of fused-ring (bicyclic) bond motifs is 1. The van der Waals surface area contributed by atoms with Crippen molar-refractivity contribution in [3.8, 4) is 5.75 Å². The van der Waals surface area contributed by atoms with Gasteiger partial charge in [0.15, 0.2) is 4.77 Å². The number of aromatic nitrogens is 2. The number of nitrogens with zero attached hydrogens (tertiary/aromatic N) is 1. The minimum Gasteiger partial charge on any atom is -0.494 e. The Morgan fingerprint density at radius 3 is 2.67 bits per heavy atom. The van der Waals surface area contributed by atoms with Crippen LogP contribution in [-0.2, 0) is 16.6 Å². The molecule has 0 unspecified atom stereocenters. The number of ether oxygens (including phenoxy) is 1. The summed E-state index contributed by atoms with van der Waals surface area (Å²) in [6.45, 7) is 4.04. The van der Waals surface area contributed by atoms with Gasteiger partial charge in [0.2, 0.25) is 10.0 Å². The molecule has 1 aromatic carbocycles. The number of imidazole rings is 1. The van der Waals surface area contributed by atoms with E-state index in [1.54, 1.807) is 7.11 Å². The molecular weight excluding hydrogens is 310 g/mol. The van der Waals surface area contributed by atoms with E-state index >= 15 is 0 Å². The lowest BCUT2D eigenvalue weighted by molar-refractivity contribution is 0.394. The smallest absolute Gasteiger partial charge is 0.209 e. The van der Waals surface area contributed by atoms with Gasteiger partial charge in [-0.3, -0.25) is 0 Å². The topological polar surface area (TPSA) is 76.1 Å². The van der Waals surface area contributed by atoms with Crippen molar-refractivity contribution in [3.63, 3.8) is 0 Å². The van der Waals surface area contributed by atoms with Crippen molar-refractivity contribution in [2.24, 2.45) is 0 Å². The first kappa shape index (κ1) is 16.0. The molecule has 0 radical (unpaired) electrons. The second kappa shape index (κ2) is 5.43. The highest BCUT2D eigenvalue weighted by Gasteiger charge is 2.24. The molecular formula is C13H19N3O3S2. The summed E-state index contributed by atoms with van der Waals surface area (Å²) in [7, 11) is -1.70. The Morgan fingerprint density at radius 1 is 1.43 bits per heavy atom. The fourth-order valence-corrected chi connectivity index (χ4v) is 3.74. The molecule has 8 heteroatoms. The molecule has 2 aromatic rings. The largest absolute Gasteiger partial charge is 0.494 e. The van der Waals surface area contributed by atoms with Crippen LogP contribution in [-0.4, -0.2) is 36.9 Å². The third-order valence-corrected chi connectivity index (χ3v) is 4.25. The normalized spacial score (nSPS) is 12.8. The summed E-state index contributed by atoms with van der Waals surface area (Å²) in [6.07, 6.45) is 1.15. The second-order valence-electron chi connectivity index (χ2n) is 5.63. The fourth-order valence-electron chi connectivity index (χ4n) is 2.41. The summed E-state index contributed by atoms with van der Waals surface area (Å²) in [4.78, 5) is 3.11. The van der Waals surface area contributed by atoms with E-state index in [0.717, 1.165) is 17.3 Å². The van der Waals surface area contributed by atoms with Gasteiger partial charge < -0.3 is 14.3 Å². The molecule has 0 bridgehead atoms. The van der Waals surface area contributed by atoms with Gasteiger partial charge in [-0.25, -0.2) is 13.1 Å². The van der Waals surface area contributed by atoms with Crippen molar-refractivity contribution in [1.29, 1.82) is 0 Å². The summed E-state index contributed by atoms with van der Waals surface area (Å²) in [5.41, 5.74) is 1.02. The molecule has 21 heavy (non-hydrogen) atoms. The van der Waals surface area contributed by atoms with Gasteiger partial charge in [0.1, 0.15) is 11.3 Å². The summed E-state index contributed by atoms with van der Waals surface area (Å²) in [5, 5.41) is 0. The van der Waals surface area contributed by atoms with Crippen LogP contribution in [0.1, 0.15) is 13.8 Å². The first-order valence-electron chi connectivity index (χ1n) is 6.37. The molecule has 0 saturated carbocycles. The second-order valence-corrected chi connectivity index (χ2v) is 7.76. The molecule has 0 atom stereocenters. The Bertz CT molecular complexity index is 819. The maximum atomic E-state index is 11.5. The highest BCUT2D eigenvalue weighted by atomic mass is 32.2. The number of para-hydroxylation sites is 1. The zero-order chi connectivity index (χ0) is 15.8. The molecule has 0 amide bonds. The number of methoxy groups -OCH3 is 1. The molecule has 0 aliphatic carbocycles. The molecule has 1 aromatic heterocycles. The van der Waals surface area contributed by atoms with E-state index in [1.165, 1.54) is 0 Å². The SMILES string of the molecule is COc1cccc2c1[nH]c(=S)n2CC(C)(C)NS(C)(=O)=O. The Morgan fingerprint density at radius 2 is 2.10 bits per heavy atom. The van der Waals surface area contributed by atoms with Crippen molar-refractivity contribution in [2.75, 3.05) is 13.4 Å². The van der Waals surface area contributed by atoms with Gasteiger partial charge in [-0.15, -0.1) is 0 Å². The number of benzene rings is 1. The first-order chi connectivity index (χ1) is 9.63. The van der Waals surface area contributed by atoms with E-state index in [9.17, 15) is 8.42 Å². The Kier molecular flexibility index (Phi) is 4.14. The lowest BCUT2D eigenvalue weighted by atomic mass is 10.1. The zero-order valence-corrected chi connectivity index (χ0v) is 14.1. The van der Waals surface area contributed by atoms with Gasteiger partial charge in [-0.05, 0) is 38.2 Å². The van der Waals surface area contributed by atoms with E-state index in [2.05, 4.69) is 9.71 Å². The minimum atomic E-state index is -3.30. The molecule has 0 fully saturated rings. The van der Waals surface area contributed by atoms with Crippen LogP contribution in [0.25, 0.3) is 11.0 Å². The van der Waals surface area contributed by atoms with Gasteiger partial charge in [0.05, 0.1) is 18.9 Å². The van der Waals surface area contributed by atoms with Crippen LogP contribution in [0.2, 0.25) is 0 Å². The van der Waals surface area contributed by atoms with Crippen LogP contribution < -0.4 is 9.46 Å². The maximum absolute atomic E-state index is 11.5. The number of sulfonamides is 1. The van der Waals surface area contributed by atoms with Crippen LogP contribution in [0, 0.1) is 4.77 Å². The van der Waals surface area contributed by atoms with E-state index in [0.29, 0.717) is 17.1 Å². The number of hydrogen-bond donors (Lipinski definition) is 2. The maximum Gasteiger partial charge on any atom is 0.209 e. The summed E-state index contributed by atoms with van der Waals surface area (Å²) in [6, 6.07) is 5.63. The van der Waals surface area contributed by atoms with Crippen LogP contribution in [0.3, 0.4) is 0 Å². The van der Waals surface area contributed by atoms with E-state index in [1.807, 2.05) is 36.6 Å². The number of hydrogen-bond acceptors (Lipinski definition) is 4. The van der Waals surface area contributed by atoms with Crippen molar-refractivity contribution < 1.29 is 13.2 Å². The van der Waals surface area contributed by atoms with E-state index < -0.39 is 15.6 Å². The van der Waals surface area contributed by atoms with Gasteiger partial charge >= 0.3 is 0 Å². The number of aromatic amines is 1. The lowest BCUT2D eigenvalue weighted by Crippen LogP contribution is -2.46. The van der Waals surface area contributed by atoms with Gasteiger partial charge in [0, 0.05) is 12.1 Å². The summed E-state index contributed by atoms with van der Waals surface area (Å²) < 4.78 is 33.2. The molecule has 1 heterocycles. The van der Waals surface area contributed by atoms with Gasteiger partial charge in [-0.1, -0.05) is 6.07 Å². The third-order valence-electron chi connectivity index (χ3n) is 3.01. The van der Waals surface area contributed by atoms with Crippen LogP contribution >= 0.6 is 12.2 Å². The molecule has 2 rings (SSSR count). The predicted octanol–water partition coefficient (Wildman–Crippen LogP) is 2.04. The molecule has 2 N–H and O–H groups in total. The Labute approximate surface area is 129 Å². The number of rotatable bonds is 5. The Hall–Kier alpha value is -1.38. The van der Waals surface area contributed by atoms with Gasteiger partial charge in [0.25, 0.3) is 0 Å². The zero-order valence-electron chi connectivity index (χ0n) is 12.4. The van der Waals surface area contributed by atoms with E-state index in [-0.39, 0.29) is 0 Å². The summed E-state index contributed by atoms with van der Waals surface area (Å²) in [5.74, 6) is 0.700.